The molecule has 0 atom stereocenters. The molecular weight excluding hydrogens is 272 g/mol. The van der Waals surface area contributed by atoms with Crippen LogP contribution < -0.4 is 4.74 Å². The molecule has 0 aromatic heterocycles. The number of carbonyl (C=O) groups is 3. The first kappa shape index (κ1) is 16.9. The number of carboxylic acids is 1. The van der Waals surface area contributed by atoms with E-state index in [0.717, 1.165) is 19.3 Å². The van der Waals surface area contributed by atoms with E-state index in [9.17, 15) is 14.4 Å². The molecule has 0 bridgehead atoms. The zero-order valence-electron chi connectivity index (χ0n) is 12.1. The van der Waals surface area contributed by atoms with Crippen molar-refractivity contribution in [2.24, 2.45) is 0 Å². The Kier molecular flexibility index (Phi) is 7.15. The van der Waals surface area contributed by atoms with Crippen molar-refractivity contribution >= 4 is 17.5 Å². The molecule has 0 unspecified atom stereocenters. The van der Waals surface area contributed by atoms with Gasteiger partial charge in [0.1, 0.15) is 5.75 Å². The number of hydrogen-bond donors (Lipinski definition) is 1. The minimum atomic E-state index is -1.59. The maximum absolute atomic E-state index is 11.8. The predicted octanol–water partition coefficient (Wildman–Crippen LogP) is 2.87. The van der Waals surface area contributed by atoms with Crippen molar-refractivity contribution in [1.82, 2.24) is 0 Å². The highest BCUT2D eigenvalue weighted by Gasteiger charge is 2.18. The van der Waals surface area contributed by atoms with Crippen molar-refractivity contribution < 1.29 is 24.2 Å². The number of hydrogen-bond acceptors (Lipinski definition) is 4. The van der Waals surface area contributed by atoms with Crippen LogP contribution >= 0.6 is 0 Å². The maximum atomic E-state index is 11.8. The van der Waals surface area contributed by atoms with Crippen molar-refractivity contribution in [2.75, 3.05) is 6.61 Å². The molecule has 1 aromatic rings. The molecule has 5 heteroatoms. The number of carboxylic acid groups (broad SMARTS) is 1. The van der Waals surface area contributed by atoms with Crippen LogP contribution in [0.1, 0.15) is 49.4 Å². The van der Waals surface area contributed by atoms with Crippen LogP contribution in [0.25, 0.3) is 0 Å². The fraction of sp³-hybridized carbons (Fsp3) is 0.438. The number of benzene rings is 1. The molecule has 0 saturated carbocycles. The molecule has 0 saturated heterocycles. The number of Topliss-reactive ketones (excluding diaryl/α,β-unsaturated/α-hetero) is 2. The Labute approximate surface area is 123 Å². The van der Waals surface area contributed by atoms with Crippen molar-refractivity contribution in [1.29, 1.82) is 0 Å². The number of carbonyl (C=O) groups excluding carboxylic acids is 2. The third-order valence-corrected chi connectivity index (χ3v) is 2.98. The summed E-state index contributed by atoms with van der Waals surface area (Å²) in [5.74, 6) is -2.66. The minimum Gasteiger partial charge on any atom is -0.494 e. The van der Waals surface area contributed by atoms with Crippen molar-refractivity contribution in [3.63, 3.8) is 0 Å². The molecule has 114 valence electrons. The second-order valence-corrected chi connectivity index (χ2v) is 4.77. The van der Waals surface area contributed by atoms with Gasteiger partial charge in [0.05, 0.1) is 13.0 Å². The summed E-state index contributed by atoms with van der Waals surface area (Å²) in [6.45, 7) is 2.71. The van der Waals surface area contributed by atoms with Crippen LogP contribution in [-0.2, 0) is 9.59 Å². The average molecular weight is 292 g/mol. The van der Waals surface area contributed by atoms with Gasteiger partial charge < -0.3 is 9.84 Å². The van der Waals surface area contributed by atoms with Gasteiger partial charge in [0.2, 0.25) is 5.78 Å². The highest BCUT2D eigenvalue weighted by molar-refractivity contribution is 6.37. The summed E-state index contributed by atoms with van der Waals surface area (Å²) in [7, 11) is 0. The second kappa shape index (κ2) is 8.89. The van der Waals surface area contributed by atoms with E-state index in [-0.39, 0.29) is 5.56 Å². The molecule has 0 spiro atoms. The monoisotopic (exact) mass is 292 g/mol. The molecular formula is C16H20O5. The largest absolute Gasteiger partial charge is 0.494 e. The van der Waals surface area contributed by atoms with E-state index in [4.69, 9.17) is 9.84 Å². The van der Waals surface area contributed by atoms with Gasteiger partial charge in [-0.25, -0.2) is 4.79 Å². The lowest BCUT2D eigenvalue weighted by atomic mass is 10.1. The summed E-state index contributed by atoms with van der Waals surface area (Å²) in [6.07, 6.45) is 3.74. The molecule has 0 fully saturated rings. The molecule has 0 radical (unpaired) electrons. The Morgan fingerprint density at radius 2 is 1.90 bits per heavy atom. The van der Waals surface area contributed by atoms with Crippen molar-refractivity contribution in [3.8, 4) is 5.75 Å². The average Bonchev–Trinajstić information content (AvgIpc) is 2.47. The van der Waals surface area contributed by atoms with E-state index in [1.165, 1.54) is 12.5 Å². The van der Waals surface area contributed by atoms with Crippen LogP contribution in [0.3, 0.4) is 0 Å². The van der Waals surface area contributed by atoms with Crippen LogP contribution in [0.2, 0.25) is 0 Å². The van der Waals surface area contributed by atoms with Crippen LogP contribution in [0.5, 0.6) is 5.75 Å². The Hall–Kier alpha value is -2.17. The molecule has 0 aliphatic heterocycles. The SMILES string of the molecule is CCCCCCOc1cccc(C(=O)CC(=O)C(=O)O)c1. The van der Waals surface area contributed by atoms with Crippen molar-refractivity contribution in [3.05, 3.63) is 29.8 Å². The van der Waals surface area contributed by atoms with Crippen molar-refractivity contribution in [2.45, 2.75) is 39.0 Å². The standard InChI is InChI=1S/C16H20O5/c1-2-3-4-5-9-21-13-8-6-7-12(10-13)14(17)11-15(18)16(19)20/h6-8,10H,2-5,9,11H2,1H3,(H,19,20). The number of rotatable bonds is 10. The Morgan fingerprint density at radius 1 is 1.14 bits per heavy atom. The number of unbranched alkanes of at least 4 members (excludes halogenated alkanes) is 3. The van der Waals surface area contributed by atoms with Crippen LogP contribution in [0, 0.1) is 0 Å². The van der Waals surface area contributed by atoms with E-state index < -0.39 is 24.0 Å². The fourth-order valence-corrected chi connectivity index (χ4v) is 1.80. The first-order valence-electron chi connectivity index (χ1n) is 7.06. The minimum absolute atomic E-state index is 0.288. The number of ether oxygens (including phenoxy) is 1. The van der Waals surface area contributed by atoms with E-state index in [1.54, 1.807) is 18.2 Å². The summed E-state index contributed by atoms with van der Waals surface area (Å²) in [5.41, 5.74) is 0.288. The lowest BCUT2D eigenvalue weighted by Gasteiger charge is -2.07. The van der Waals surface area contributed by atoms with Gasteiger partial charge >= 0.3 is 5.97 Å². The van der Waals surface area contributed by atoms with E-state index >= 15 is 0 Å². The summed E-state index contributed by atoms with van der Waals surface area (Å²) in [4.78, 5) is 33.3. The molecule has 0 heterocycles. The number of aliphatic carboxylic acids is 1. The van der Waals surface area contributed by atoms with Gasteiger partial charge in [-0.3, -0.25) is 9.59 Å². The second-order valence-electron chi connectivity index (χ2n) is 4.77. The van der Waals surface area contributed by atoms with Gasteiger partial charge in [0.15, 0.2) is 5.78 Å². The lowest BCUT2D eigenvalue weighted by molar-refractivity contribution is -0.148. The van der Waals surface area contributed by atoms with Gasteiger partial charge in [0.25, 0.3) is 0 Å². The molecule has 1 aromatic carbocycles. The zero-order chi connectivity index (χ0) is 15.7. The molecule has 0 aliphatic rings. The summed E-state index contributed by atoms with van der Waals surface area (Å²) in [6, 6.07) is 6.47. The van der Waals surface area contributed by atoms with E-state index in [1.807, 2.05) is 0 Å². The summed E-state index contributed by atoms with van der Waals surface area (Å²) >= 11 is 0. The topological polar surface area (TPSA) is 80.7 Å². The van der Waals surface area contributed by atoms with E-state index in [2.05, 4.69) is 6.92 Å². The Bertz CT molecular complexity index is 507. The first-order chi connectivity index (χ1) is 10.0. The van der Waals surface area contributed by atoms with Crippen LogP contribution in [-0.4, -0.2) is 29.2 Å². The van der Waals surface area contributed by atoms with Crippen LogP contribution in [0.4, 0.5) is 0 Å². The number of ketones is 2. The summed E-state index contributed by atoms with van der Waals surface area (Å²) < 4.78 is 5.54. The molecule has 5 nitrogen and oxygen atoms in total. The van der Waals surface area contributed by atoms with Gasteiger partial charge in [-0.15, -0.1) is 0 Å². The molecule has 21 heavy (non-hydrogen) atoms. The molecule has 0 amide bonds. The first-order valence-corrected chi connectivity index (χ1v) is 7.06. The Balaban J connectivity index is 2.53. The quantitative estimate of drug-likeness (QED) is 0.310. The van der Waals surface area contributed by atoms with Gasteiger partial charge in [-0.1, -0.05) is 38.3 Å². The third-order valence-electron chi connectivity index (χ3n) is 2.98. The molecule has 1 rings (SSSR count). The fourth-order valence-electron chi connectivity index (χ4n) is 1.80. The zero-order valence-corrected chi connectivity index (χ0v) is 12.1. The highest BCUT2D eigenvalue weighted by Crippen LogP contribution is 2.15. The van der Waals surface area contributed by atoms with Gasteiger partial charge in [0, 0.05) is 5.56 Å². The van der Waals surface area contributed by atoms with E-state index in [0.29, 0.717) is 12.4 Å². The Morgan fingerprint density at radius 3 is 2.57 bits per heavy atom. The highest BCUT2D eigenvalue weighted by atomic mass is 16.5. The van der Waals surface area contributed by atoms with Crippen LogP contribution in [0.15, 0.2) is 24.3 Å². The normalized spacial score (nSPS) is 10.1. The molecule has 0 aliphatic carbocycles. The molecule has 1 N–H and O–H groups in total. The van der Waals surface area contributed by atoms with Gasteiger partial charge in [-0.05, 0) is 18.6 Å². The maximum Gasteiger partial charge on any atom is 0.372 e. The van der Waals surface area contributed by atoms with Gasteiger partial charge in [-0.2, -0.15) is 0 Å². The predicted molar refractivity (Wildman–Crippen MR) is 77.7 cm³/mol. The lowest BCUT2D eigenvalue weighted by Crippen LogP contribution is -2.17. The smallest absolute Gasteiger partial charge is 0.372 e. The summed E-state index contributed by atoms with van der Waals surface area (Å²) in [5, 5.41) is 8.49. The third kappa shape index (κ3) is 6.21.